The second-order valence-corrected chi connectivity index (χ2v) is 8.04. The molecular weight excluding hydrogens is 324 g/mol. The van der Waals surface area contributed by atoms with E-state index in [-0.39, 0.29) is 4.90 Å². The van der Waals surface area contributed by atoms with Gasteiger partial charge in [0.05, 0.1) is 10.6 Å². The van der Waals surface area contributed by atoms with Gasteiger partial charge in [-0.05, 0) is 31.0 Å². The van der Waals surface area contributed by atoms with E-state index in [0.29, 0.717) is 12.5 Å². The highest BCUT2D eigenvalue weighted by molar-refractivity contribution is 7.89. The monoisotopic (exact) mass is 348 g/mol. The highest BCUT2D eigenvalue weighted by atomic mass is 32.2. The van der Waals surface area contributed by atoms with Crippen molar-refractivity contribution in [3.8, 4) is 0 Å². The molecule has 1 aliphatic carbocycles. The van der Waals surface area contributed by atoms with E-state index in [1.807, 2.05) is 24.0 Å². The van der Waals surface area contributed by atoms with Crippen LogP contribution >= 0.6 is 0 Å². The number of hydrogen-bond donors (Lipinski definition) is 2. The van der Waals surface area contributed by atoms with E-state index >= 15 is 0 Å². The SMILES string of the molecule is Cn1cc(CNc2cccc(S(N)(=O)=O)c2)c(C2CCCCC2)n1. The fourth-order valence-corrected chi connectivity index (χ4v) is 3.95. The van der Waals surface area contributed by atoms with Gasteiger partial charge in [-0.3, -0.25) is 4.68 Å². The lowest BCUT2D eigenvalue weighted by Crippen LogP contribution is -2.12. The number of anilines is 1. The molecule has 0 atom stereocenters. The fourth-order valence-electron chi connectivity index (χ4n) is 3.39. The van der Waals surface area contributed by atoms with E-state index < -0.39 is 10.0 Å². The highest BCUT2D eigenvalue weighted by Gasteiger charge is 2.21. The average molecular weight is 348 g/mol. The molecule has 0 amide bonds. The molecule has 0 unspecified atom stereocenters. The standard InChI is InChI=1S/C17H24N4O2S/c1-21-12-14(17(20-21)13-6-3-2-4-7-13)11-19-15-8-5-9-16(10-15)24(18,22)23/h5,8-10,12-13,19H,2-4,6-7,11H2,1H3,(H2,18,22,23). The minimum absolute atomic E-state index is 0.117. The summed E-state index contributed by atoms with van der Waals surface area (Å²) in [6.45, 7) is 0.619. The van der Waals surface area contributed by atoms with Gasteiger partial charge in [0, 0.05) is 37.0 Å². The molecular formula is C17H24N4O2S. The molecule has 24 heavy (non-hydrogen) atoms. The Morgan fingerprint density at radius 2 is 2.04 bits per heavy atom. The summed E-state index contributed by atoms with van der Waals surface area (Å²) in [6, 6.07) is 6.59. The second-order valence-electron chi connectivity index (χ2n) is 6.47. The van der Waals surface area contributed by atoms with Crippen LogP contribution in [-0.4, -0.2) is 18.2 Å². The molecule has 1 heterocycles. The quantitative estimate of drug-likeness (QED) is 0.869. The van der Waals surface area contributed by atoms with Crippen molar-refractivity contribution in [2.45, 2.75) is 49.5 Å². The van der Waals surface area contributed by atoms with Gasteiger partial charge in [0.2, 0.25) is 10.0 Å². The minimum Gasteiger partial charge on any atom is -0.381 e. The number of nitrogens with zero attached hydrogens (tertiary/aromatic N) is 2. The van der Waals surface area contributed by atoms with Crippen LogP contribution < -0.4 is 10.5 Å². The first-order chi connectivity index (χ1) is 11.4. The van der Waals surface area contributed by atoms with Crippen LogP contribution in [0, 0.1) is 0 Å². The van der Waals surface area contributed by atoms with Crippen LogP contribution in [-0.2, 0) is 23.6 Å². The predicted octanol–water partition coefficient (Wildman–Crippen LogP) is 2.73. The minimum atomic E-state index is -3.69. The molecule has 3 rings (SSSR count). The normalized spacial score (nSPS) is 16.2. The summed E-state index contributed by atoms with van der Waals surface area (Å²) in [5.41, 5.74) is 3.08. The van der Waals surface area contributed by atoms with Crippen molar-refractivity contribution < 1.29 is 8.42 Å². The van der Waals surface area contributed by atoms with Gasteiger partial charge in [0.15, 0.2) is 0 Å². The van der Waals surface area contributed by atoms with Crippen molar-refractivity contribution in [3.05, 3.63) is 41.7 Å². The number of rotatable bonds is 5. The molecule has 6 nitrogen and oxygen atoms in total. The first-order valence-electron chi connectivity index (χ1n) is 8.32. The van der Waals surface area contributed by atoms with Crippen LogP contribution in [0.3, 0.4) is 0 Å². The lowest BCUT2D eigenvalue weighted by molar-refractivity contribution is 0.432. The Kier molecular flexibility index (Phi) is 4.91. The van der Waals surface area contributed by atoms with Gasteiger partial charge >= 0.3 is 0 Å². The van der Waals surface area contributed by atoms with Crippen LogP contribution in [0.2, 0.25) is 0 Å². The number of aromatic nitrogens is 2. The lowest BCUT2D eigenvalue weighted by atomic mass is 9.85. The van der Waals surface area contributed by atoms with Gasteiger partial charge in [0.1, 0.15) is 0 Å². The van der Waals surface area contributed by atoms with E-state index in [1.165, 1.54) is 49.4 Å². The van der Waals surface area contributed by atoms with E-state index in [4.69, 9.17) is 5.14 Å². The molecule has 0 radical (unpaired) electrons. The van der Waals surface area contributed by atoms with Crippen molar-refractivity contribution in [3.63, 3.8) is 0 Å². The molecule has 1 fully saturated rings. The Morgan fingerprint density at radius 1 is 1.29 bits per heavy atom. The predicted molar refractivity (Wildman–Crippen MR) is 94.2 cm³/mol. The highest BCUT2D eigenvalue weighted by Crippen LogP contribution is 2.33. The maximum absolute atomic E-state index is 11.5. The van der Waals surface area contributed by atoms with Crippen molar-refractivity contribution in [1.29, 1.82) is 0 Å². The molecule has 1 saturated carbocycles. The Balaban J connectivity index is 1.75. The van der Waals surface area contributed by atoms with Gasteiger partial charge in [-0.15, -0.1) is 0 Å². The zero-order chi connectivity index (χ0) is 17.2. The average Bonchev–Trinajstić information content (AvgIpc) is 2.94. The van der Waals surface area contributed by atoms with Crippen molar-refractivity contribution in [2.75, 3.05) is 5.32 Å². The van der Waals surface area contributed by atoms with E-state index in [9.17, 15) is 8.42 Å². The molecule has 7 heteroatoms. The second kappa shape index (κ2) is 6.94. The number of hydrogen-bond acceptors (Lipinski definition) is 4. The third kappa shape index (κ3) is 3.96. The van der Waals surface area contributed by atoms with E-state index in [0.717, 1.165) is 5.69 Å². The summed E-state index contributed by atoms with van der Waals surface area (Å²) < 4.78 is 24.8. The van der Waals surface area contributed by atoms with Gasteiger partial charge in [-0.2, -0.15) is 5.10 Å². The zero-order valence-corrected chi connectivity index (χ0v) is 14.7. The first-order valence-corrected chi connectivity index (χ1v) is 9.87. The molecule has 0 saturated heterocycles. The molecule has 2 aromatic rings. The molecule has 1 aliphatic rings. The maximum Gasteiger partial charge on any atom is 0.238 e. The summed E-state index contributed by atoms with van der Waals surface area (Å²) in [4.78, 5) is 0.117. The maximum atomic E-state index is 11.5. The summed E-state index contributed by atoms with van der Waals surface area (Å²) in [7, 11) is -1.74. The largest absolute Gasteiger partial charge is 0.381 e. The molecule has 130 valence electrons. The molecule has 1 aromatic heterocycles. The van der Waals surface area contributed by atoms with Crippen molar-refractivity contribution >= 4 is 15.7 Å². The van der Waals surface area contributed by atoms with Crippen LogP contribution in [0.5, 0.6) is 0 Å². The summed E-state index contributed by atoms with van der Waals surface area (Å²) in [5.74, 6) is 0.535. The Bertz CT molecular complexity index is 808. The molecule has 3 N–H and O–H groups in total. The third-order valence-electron chi connectivity index (χ3n) is 4.57. The smallest absolute Gasteiger partial charge is 0.238 e. The fraction of sp³-hybridized carbons (Fsp3) is 0.471. The summed E-state index contributed by atoms with van der Waals surface area (Å²) in [5, 5.41) is 13.1. The number of benzene rings is 1. The van der Waals surface area contributed by atoms with E-state index in [1.54, 1.807) is 12.1 Å². The van der Waals surface area contributed by atoms with Crippen LogP contribution in [0.1, 0.15) is 49.3 Å². The van der Waals surface area contributed by atoms with Gasteiger partial charge in [-0.1, -0.05) is 25.3 Å². The number of sulfonamides is 1. The van der Waals surface area contributed by atoms with E-state index in [2.05, 4.69) is 10.4 Å². The Labute approximate surface area is 143 Å². The van der Waals surface area contributed by atoms with Gasteiger partial charge < -0.3 is 5.32 Å². The zero-order valence-electron chi connectivity index (χ0n) is 13.9. The van der Waals surface area contributed by atoms with Crippen LogP contribution in [0.15, 0.2) is 35.4 Å². The molecule has 0 aliphatic heterocycles. The summed E-state index contributed by atoms with van der Waals surface area (Å²) >= 11 is 0. The number of aryl methyl sites for hydroxylation is 1. The van der Waals surface area contributed by atoms with Crippen LogP contribution in [0.25, 0.3) is 0 Å². The molecule has 0 bridgehead atoms. The lowest BCUT2D eigenvalue weighted by Gasteiger charge is -2.21. The Morgan fingerprint density at radius 3 is 2.75 bits per heavy atom. The van der Waals surface area contributed by atoms with Gasteiger partial charge in [0.25, 0.3) is 0 Å². The topological polar surface area (TPSA) is 90.0 Å². The Hall–Kier alpha value is -1.86. The van der Waals surface area contributed by atoms with Crippen molar-refractivity contribution in [2.24, 2.45) is 12.2 Å². The van der Waals surface area contributed by atoms with Gasteiger partial charge in [-0.25, -0.2) is 13.6 Å². The summed E-state index contributed by atoms with van der Waals surface area (Å²) in [6.07, 6.45) is 8.29. The first kappa shape index (κ1) is 17.0. The van der Waals surface area contributed by atoms with Crippen molar-refractivity contribution in [1.82, 2.24) is 9.78 Å². The number of nitrogens with two attached hydrogens (primary N) is 1. The van der Waals surface area contributed by atoms with Crippen LogP contribution in [0.4, 0.5) is 5.69 Å². The molecule has 0 spiro atoms. The molecule has 1 aromatic carbocycles. The number of primary sulfonamides is 1. The third-order valence-corrected chi connectivity index (χ3v) is 5.49. The number of nitrogens with one attached hydrogen (secondary N) is 1.